The molecule has 6 heteroatoms. The van der Waals surface area contributed by atoms with Gasteiger partial charge in [-0.05, 0) is 36.5 Å². The van der Waals surface area contributed by atoms with Gasteiger partial charge in [-0.15, -0.1) is 0 Å². The lowest BCUT2D eigenvalue weighted by Crippen LogP contribution is -2.23. The summed E-state index contributed by atoms with van der Waals surface area (Å²) in [6, 6.07) is 9.12. The number of ether oxygens (including phenoxy) is 1. The SMILES string of the molecule is CC(=O)c1c2c(c3oc(=O)cc(C)c3c1O)C(c1ccc(C(C)C)cc1)CC(=O)O2. The summed E-state index contributed by atoms with van der Waals surface area (Å²) in [6.07, 6.45) is 0.0307. The highest BCUT2D eigenvalue weighted by molar-refractivity contribution is 6.09. The average molecular weight is 406 g/mol. The summed E-state index contributed by atoms with van der Waals surface area (Å²) in [5, 5.41) is 11.1. The van der Waals surface area contributed by atoms with Crippen LogP contribution in [0.15, 0.2) is 39.5 Å². The molecule has 0 saturated heterocycles. The number of esters is 1. The molecule has 2 aromatic carbocycles. The maximum Gasteiger partial charge on any atom is 0.336 e. The summed E-state index contributed by atoms with van der Waals surface area (Å²) in [7, 11) is 0. The number of rotatable bonds is 3. The van der Waals surface area contributed by atoms with Gasteiger partial charge in [0, 0.05) is 17.5 Å². The number of hydrogen-bond donors (Lipinski definition) is 1. The summed E-state index contributed by atoms with van der Waals surface area (Å²) < 4.78 is 10.9. The summed E-state index contributed by atoms with van der Waals surface area (Å²) in [6.45, 7) is 7.14. The van der Waals surface area contributed by atoms with Crippen LogP contribution in [0.2, 0.25) is 0 Å². The van der Waals surface area contributed by atoms with Gasteiger partial charge in [0.05, 0.1) is 11.8 Å². The molecule has 0 saturated carbocycles. The van der Waals surface area contributed by atoms with E-state index in [2.05, 4.69) is 13.8 Å². The molecule has 1 atom stereocenters. The van der Waals surface area contributed by atoms with E-state index in [9.17, 15) is 19.5 Å². The van der Waals surface area contributed by atoms with Crippen LogP contribution in [0.25, 0.3) is 11.0 Å². The van der Waals surface area contributed by atoms with Gasteiger partial charge in [0.1, 0.15) is 16.9 Å². The molecule has 2 heterocycles. The second-order valence-corrected chi connectivity index (χ2v) is 8.03. The van der Waals surface area contributed by atoms with Gasteiger partial charge >= 0.3 is 11.6 Å². The Balaban J connectivity index is 2.09. The minimum absolute atomic E-state index is 0.0307. The Labute approximate surface area is 173 Å². The number of carbonyl (C=O) groups excluding carboxylic acids is 2. The van der Waals surface area contributed by atoms with E-state index in [4.69, 9.17) is 9.15 Å². The third-order valence-electron chi connectivity index (χ3n) is 5.64. The first kappa shape index (κ1) is 19.9. The van der Waals surface area contributed by atoms with Crippen LogP contribution < -0.4 is 10.4 Å². The molecule has 1 aromatic heterocycles. The van der Waals surface area contributed by atoms with Crippen LogP contribution in [0.4, 0.5) is 0 Å². The maximum absolute atomic E-state index is 12.4. The molecule has 0 bridgehead atoms. The van der Waals surface area contributed by atoms with E-state index in [0.29, 0.717) is 17.0 Å². The zero-order valence-corrected chi connectivity index (χ0v) is 17.2. The molecule has 0 spiro atoms. The molecular weight excluding hydrogens is 384 g/mol. The number of phenols is 1. The third-order valence-corrected chi connectivity index (χ3v) is 5.64. The number of hydrogen-bond acceptors (Lipinski definition) is 6. The van der Waals surface area contributed by atoms with Gasteiger partial charge in [-0.1, -0.05) is 38.1 Å². The van der Waals surface area contributed by atoms with Gasteiger partial charge in [-0.25, -0.2) is 4.79 Å². The molecule has 0 amide bonds. The summed E-state index contributed by atoms with van der Waals surface area (Å²) in [5.74, 6) is -1.47. The minimum Gasteiger partial charge on any atom is -0.506 e. The van der Waals surface area contributed by atoms with E-state index in [1.807, 2.05) is 24.3 Å². The molecule has 1 unspecified atom stereocenters. The van der Waals surface area contributed by atoms with Gasteiger partial charge in [0.25, 0.3) is 0 Å². The van der Waals surface area contributed by atoms with Crippen molar-refractivity contribution in [3.63, 3.8) is 0 Å². The molecule has 1 aliphatic rings. The van der Waals surface area contributed by atoms with Gasteiger partial charge < -0.3 is 14.3 Å². The van der Waals surface area contributed by atoms with E-state index < -0.39 is 23.3 Å². The Hall–Kier alpha value is -3.41. The number of benzene rings is 2. The standard InChI is InChI=1S/C24H22O6/c1-11(2)14-5-7-15(8-6-14)16-10-18(27)30-24-20(13(4)25)22(28)19-12(3)9-17(26)29-23(19)21(16)24/h5-9,11,16,28H,10H2,1-4H3. The number of Topliss-reactive ketones (excluding diaryl/α,β-unsaturated/α-hetero) is 1. The molecule has 0 fully saturated rings. The molecule has 0 radical (unpaired) electrons. The predicted molar refractivity (Wildman–Crippen MR) is 112 cm³/mol. The van der Waals surface area contributed by atoms with Gasteiger partial charge in [-0.2, -0.15) is 0 Å². The van der Waals surface area contributed by atoms with Crippen molar-refractivity contribution in [3.05, 3.63) is 68.6 Å². The van der Waals surface area contributed by atoms with Crippen LogP contribution >= 0.6 is 0 Å². The first-order valence-electron chi connectivity index (χ1n) is 9.83. The fourth-order valence-electron chi connectivity index (χ4n) is 4.13. The van der Waals surface area contributed by atoms with Crippen molar-refractivity contribution in [3.8, 4) is 11.5 Å². The highest BCUT2D eigenvalue weighted by atomic mass is 16.5. The van der Waals surface area contributed by atoms with Crippen molar-refractivity contribution >= 4 is 22.7 Å². The Morgan fingerprint density at radius 3 is 2.43 bits per heavy atom. The van der Waals surface area contributed by atoms with Crippen molar-refractivity contribution in [1.29, 1.82) is 0 Å². The molecule has 30 heavy (non-hydrogen) atoms. The molecule has 6 nitrogen and oxygen atoms in total. The molecule has 4 rings (SSSR count). The number of phenolic OH excluding ortho intramolecular Hbond substituents is 1. The Morgan fingerprint density at radius 1 is 1.17 bits per heavy atom. The van der Waals surface area contributed by atoms with E-state index in [-0.39, 0.29) is 34.5 Å². The largest absolute Gasteiger partial charge is 0.506 e. The maximum atomic E-state index is 12.4. The second kappa shape index (κ2) is 7.13. The van der Waals surface area contributed by atoms with Crippen LogP contribution in [0, 0.1) is 6.92 Å². The number of fused-ring (bicyclic) bond motifs is 3. The van der Waals surface area contributed by atoms with Crippen LogP contribution in [-0.4, -0.2) is 16.9 Å². The third kappa shape index (κ3) is 3.09. The normalized spacial score (nSPS) is 15.9. The number of ketones is 1. The average Bonchev–Trinajstić information content (AvgIpc) is 2.66. The lowest BCUT2D eigenvalue weighted by molar-refractivity contribution is -0.135. The van der Waals surface area contributed by atoms with Crippen molar-refractivity contribution in [1.82, 2.24) is 0 Å². The van der Waals surface area contributed by atoms with E-state index >= 15 is 0 Å². The van der Waals surface area contributed by atoms with Gasteiger partial charge in [0.15, 0.2) is 11.5 Å². The highest BCUT2D eigenvalue weighted by Crippen LogP contribution is 2.49. The van der Waals surface area contributed by atoms with E-state index in [0.717, 1.165) is 11.1 Å². The molecule has 1 N–H and O–H groups in total. The lowest BCUT2D eigenvalue weighted by Gasteiger charge is -2.28. The lowest BCUT2D eigenvalue weighted by atomic mass is 9.82. The zero-order chi connectivity index (χ0) is 21.7. The predicted octanol–water partition coefficient (Wildman–Crippen LogP) is 4.57. The van der Waals surface area contributed by atoms with Gasteiger partial charge in [-0.3, -0.25) is 9.59 Å². The van der Waals surface area contributed by atoms with E-state index in [1.54, 1.807) is 6.92 Å². The molecular formula is C24H22O6. The monoisotopic (exact) mass is 406 g/mol. The number of carbonyl (C=O) groups is 2. The number of aromatic hydroxyl groups is 1. The Kier molecular flexibility index (Phi) is 4.73. The smallest absolute Gasteiger partial charge is 0.336 e. The van der Waals surface area contributed by atoms with Crippen molar-refractivity contribution in [2.75, 3.05) is 0 Å². The van der Waals surface area contributed by atoms with Crippen LogP contribution in [0.1, 0.15) is 71.6 Å². The van der Waals surface area contributed by atoms with Crippen molar-refractivity contribution in [2.45, 2.75) is 46.0 Å². The topological polar surface area (TPSA) is 93.8 Å². The first-order valence-corrected chi connectivity index (χ1v) is 9.83. The summed E-state index contributed by atoms with van der Waals surface area (Å²) in [4.78, 5) is 36.9. The fraction of sp³-hybridized carbons (Fsp3) is 0.292. The summed E-state index contributed by atoms with van der Waals surface area (Å²) in [5.41, 5.74) is 2.39. The van der Waals surface area contributed by atoms with E-state index in [1.165, 1.54) is 13.0 Å². The molecule has 0 aliphatic carbocycles. The Bertz CT molecular complexity index is 1250. The second-order valence-electron chi connectivity index (χ2n) is 8.03. The van der Waals surface area contributed by atoms with Crippen LogP contribution in [-0.2, 0) is 4.79 Å². The number of aryl methyl sites for hydroxylation is 1. The highest BCUT2D eigenvalue weighted by Gasteiger charge is 2.37. The fourth-order valence-corrected chi connectivity index (χ4v) is 4.13. The summed E-state index contributed by atoms with van der Waals surface area (Å²) >= 11 is 0. The van der Waals surface area contributed by atoms with Crippen LogP contribution in [0.3, 0.4) is 0 Å². The van der Waals surface area contributed by atoms with Gasteiger partial charge in [0.2, 0.25) is 0 Å². The van der Waals surface area contributed by atoms with Crippen molar-refractivity contribution < 1.29 is 23.8 Å². The Morgan fingerprint density at radius 2 is 1.83 bits per heavy atom. The molecule has 154 valence electrons. The molecule has 1 aliphatic heterocycles. The molecule has 3 aromatic rings. The first-order chi connectivity index (χ1) is 14.2. The van der Waals surface area contributed by atoms with Crippen LogP contribution in [0.5, 0.6) is 11.5 Å². The minimum atomic E-state index is -0.581. The quantitative estimate of drug-likeness (QED) is 0.296. The van der Waals surface area contributed by atoms with Crippen molar-refractivity contribution in [2.24, 2.45) is 0 Å². The zero-order valence-electron chi connectivity index (χ0n) is 17.2.